The number of ether oxygens (including phenoxy) is 2. The third-order valence-electron chi connectivity index (χ3n) is 2.75. The molecular weight excluding hydrogens is 272 g/mol. The van der Waals surface area contributed by atoms with Crippen LogP contribution in [0.5, 0.6) is 0 Å². The summed E-state index contributed by atoms with van der Waals surface area (Å²) in [6.07, 6.45) is -0.423. The van der Waals surface area contributed by atoms with Gasteiger partial charge in [-0.15, -0.1) is 0 Å². The fourth-order valence-corrected chi connectivity index (χ4v) is 2.01. The molecule has 0 aliphatic carbocycles. The predicted molar refractivity (Wildman–Crippen MR) is 73.7 cm³/mol. The smallest absolute Gasteiger partial charge is 0.288 e. The van der Waals surface area contributed by atoms with Gasteiger partial charge in [-0.2, -0.15) is 0 Å². The Morgan fingerprint density at radius 2 is 1.95 bits per heavy atom. The molecule has 1 N–H and O–H groups in total. The molecule has 0 amide bonds. The first-order chi connectivity index (χ1) is 8.90. The van der Waals surface area contributed by atoms with E-state index in [0.29, 0.717) is 5.69 Å². The maximum Gasteiger partial charge on any atom is 0.288 e. The Labute approximate surface area is 116 Å². The monoisotopic (exact) mass is 288 g/mol. The fourth-order valence-electron chi connectivity index (χ4n) is 1.78. The number of benzene rings is 1. The summed E-state index contributed by atoms with van der Waals surface area (Å²) >= 11 is 5.88. The molecule has 6 nitrogen and oxygen atoms in total. The highest BCUT2D eigenvalue weighted by Gasteiger charge is 2.19. The molecule has 0 heterocycles. The van der Waals surface area contributed by atoms with Crippen molar-refractivity contribution in [1.29, 1.82) is 0 Å². The number of rotatable bonds is 6. The number of aryl methyl sites for hydroxylation is 1. The van der Waals surface area contributed by atoms with Crippen LogP contribution in [0.2, 0.25) is 5.02 Å². The number of methoxy groups -OCH3 is 2. The molecule has 106 valence electrons. The molecule has 0 saturated heterocycles. The van der Waals surface area contributed by atoms with E-state index < -0.39 is 11.2 Å². The van der Waals surface area contributed by atoms with Crippen molar-refractivity contribution in [2.24, 2.45) is 0 Å². The summed E-state index contributed by atoms with van der Waals surface area (Å²) in [5.41, 5.74) is 1.34. The van der Waals surface area contributed by atoms with E-state index in [4.69, 9.17) is 21.1 Å². The topological polar surface area (TPSA) is 73.6 Å². The molecule has 19 heavy (non-hydrogen) atoms. The van der Waals surface area contributed by atoms with E-state index in [1.54, 1.807) is 21.1 Å². The van der Waals surface area contributed by atoms with E-state index in [9.17, 15) is 10.1 Å². The van der Waals surface area contributed by atoms with Gasteiger partial charge in [-0.3, -0.25) is 10.1 Å². The van der Waals surface area contributed by atoms with Gasteiger partial charge in [-0.25, -0.2) is 0 Å². The van der Waals surface area contributed by atoms with Crippen molar-refractivity contribution in [2.75, 3.05) is 19.5 Å². The fraction of sp³-hybridized carbons (Fsp3) is 0.500. The quantitative estimate of drug-likeness (QED) is 0.495. The lowest BCUT2D eigenvalue weighted by atomic mass is 10.1. The molecule has 0 saturated carbocycles. The molecule has 0 aromatic heterocycles. The minimum atomic E-state index is -0.504. The number of nitro groups is 1. The van der Waals surface area contributed by atoms with Crippen molar-refractivity contribution < 1.29 is 14.4 Å². The number of hydrogen-bond acceptors (Lipinski definition) is 5. The van der Waals surface area contributed by atoms with Crippen molar-refractivity contribution in [2.45, 2.75) is 26.2 Å². The Morgan fingerprint density at radius 3 is 2.42 bits per heavy atom. The molecule has 1 unspecified atom stereocenters. The third kappa shape index (κ3) is 3.79. The van der Waals surface area contributed by atoms with Gasteiger partial charge < -0.3 is 14.8 Å². The molecule has 0 bridgehead atoms. The summed E-state index contributed by atoms with van der Waals surface area (Å²) in [6, 6.07) is 2.84. The van der Waals surface area contributed by atoms with Crippen LogP contribution >= 0.6 is 11.6 Å². The molecule has 0 aliphatic rings. The lowest BCUT2D eigenvalue weighted by Crippen LogP contribution is -2.34. The maximum atomic E-state index is 10.8. The van der Waals surface area contributed by atoms with Gasteiger partial charge in [0.2, 0.25) is 0 Å². The van der Waals surface area contributed by atoms with E-state index in [2.05, 4.69) is 5.32 Å². The van der Waals surface area contributed by atoms with Crippen LogP contribution in [0.3, 0.4) is 0 Å². The van der Waals surface area contributed by atoms with Crippen LogP contribution in [0, 0.1) is 17.0 Å². The number of hydrogen-bond donors (Lipinski definition) is 1. The molecule has 7 heteroatoms. The second kappa shape index (κ2) is 6.70. The third-order valence-corrected chi connectivity index (χ3v) is 3.05. The largest absolute Gasteiger partial charge is 0.377 e. The molecule has 1 aromatic rings. The molecule has 1 atom stereocenters. The average Bonchev–Trinajstić information content (AvgIpc) is 2.34. The van der Waals surface area contributed by atoms with E-state index >= 15 is 0 Å². The first kappa shape index (κ1) is 15.7. The van der Waals surface area contributed by atoms with Crippen LogP contribution in [0.15, 0.2) is 12.1 Å². The number of nitro benzene ring substituents is 1. The van der Waals surface area contributed by atoms with Crippen molar-refractivity contribution in [3.63, 3.8) is 0 Å². The number of halogens is 1. The van der Waals surface area contributed by atoms with Gasteiger partial charge in [0.15, 0.2) is 6.29 Å². The summed E-state index contributed by atoms with van der Waals surface area (Å²) in [7, 11) is 3.09. The number of nitrogens with zero attached hydrogens (tertiary/aromatic N) is 1. The lowest BCUT2D eigenvalue weighted by Gasteiger charge is -2.24. The highest BCUT2D eigenvalue weighted by Crippen LogP contribution is 2.31. The normalized spacial score (nSPS) is 12.5. The minimum Gasteiger partial charge on any atom is -0.377 e. The van der Waals surface area contributed by atoms with Gasteiger partial charge >= 0.3 is 0 Å². The summed E-state index contributed by atoms with van der Waals surface area (Å²) in [4.78, 5) is 10.3. The second-order valence-electron chi connectivity index (χ2n) is 4.15. The van der Waals surface area contributed by atoms with E-state index in [1.807, 2.05) is 6.92 Å². The average molecular weight is 289 g/mol. The second-order valence-corrected chi connectivity index (χ2v) is 4.56. The molecular formula is C12H17ClN2O4. The van der Waals surface area contributed by atoms with Crippen LogP contribution in [0.1, 0.15) is 12.5 Å². The molecule has 0 spiro atoms. The Morgan fingerprint density at radius 1 is 1.37 bits per heavy atom. The van der Waals surface area contributed by atoms with Crippen molar-refractivity contribution in [3.05, 3.63) is 32.8 Å². The van der Waals surface area contributed by atoms with Crippen molar-refractivity contribution >= 4 is 23.0 Å². The lowest BCUT2D eigenvalue weighted by molar-refractivity contribution is -0.384. The van der Waals surface area contributed by atoms with Gasteiger partial charge in [-0.1, -0.05) is 11.6 Å². The summed E-state index contributed by atoms with van der Waals surface area (Å²) < 4.78 is 10.3. The number of anilines is 1. The van der Waals surface area contributed by atoms with Crippen LogP contribution in [-0.4, -0.2) is 31.5 Å². The SMILES string of the molecule is COC(OC)C(C)Nc1cc(Cl)c([N+](=O)[O-])cc1C. The highest BCUT2D eigenvalue weighted by molar-refractivity contribution is 6.33. The first-order valence-corrected chi connectivity index (χ1v) is 6.05. The summed E-state index contributed by atoms with van der Waals surface area (Å²) in [6.45, 7) is 3.65. The van der Waals surface area contributed by atoms with Crippen LogP contribution in [-0.2, 0) is 9.47 Å². The Kier molecular flexibility index (Phi) is 5.53. The zero-order valence-electron chi connectivity index (χ0n) is 11.3. The van der Waals surface area contributed by atoms with Crippen molar-refractivity contribution in [3.8, 4) is 0 Å². The Balaban J connectivity index is 2.97. The van der Waals surface area contributed by atoms with Gasteiger partial charge in [0, 0.05) is 26.0 Å². The zero-order chi connectivity index (χ0) is 14.6. The molecule has 1 rings (SSSR count). The van der Waals surface area contributed by atoms with Crippen LogP contribution in [0.4, 0.5) is 11.4 Å². The van der Waals surface area contributed by atoms with E-state index in [-0.39, 0.29) is 16.8 Å². The van der Waals surface area contributed by atoms with Gasteiger partial charge in [0.25, 0.3) is 5.69 Å². The maximum absolute atomic E-state index is 10.8. The molecule has 1 aromatic carbocycles. The van der Waals surface area contributed by atoms with Gasteiger partial charge in [0.05, 0.1) is 11.0 Å². The molecule has 0 radical (unpaired) electrons. The molecule has 0 fully saturated rings. The summed E-state index contributed by atoms with van der Waals surface area (Å²) in [5, 5.41) is 14.0. The zero-order valence-corrected chi connectivity index (χ0v) is 12.0. The van der Waals surface area contributed by atoms with E-state index in [0.717, 1.165) is 5.56 Å². The predicted octanol–water partition coefficient (Wildman–Crippen LogP) is 2.98. The molecule has 0 aliphatic heterocycles. The Hall–Kier alpha value is -1.37. The highest BCUT2D eigenvalue weighted by atomic mass is 35.5. The van der Waals surface area contributed by atoms with Gasteiger partial charge in [-0.05, 0) is 25.5 Å². The standard InChI is InChI=1S/C12H17ClN2O4/c1-7-5-11(15(16)17)9(13)6-10(7)14-8(2)12(18-3)19-4/h5-6,8,12,14H,1-4H3. The summed E-state index contributed by atoms with van der Waals surface area (Å²) in [5.74, 6) is 0. The first-order valence-electron chi connectivity index (χ1n) is 5.67. The van der Waals surface area contributed by atoms with Crippen LogP contribution in [0.25, 0.3) is 0 Å². The van der Waals surface area contributed by atoms with Crippen LogP contribution < -0.4 is 5.32 Å². The van der Waals surface area contributed by atoms with Gasteiger partial charge in [0.1, 0.15) is 5.02 Å². The Bertz CT molecular complexity index is 463. The number of nitrogens with one attached hydrogen (secondary N) is 1. The van der Waals surface area contributed by atoms with Crippen molar-refractivity contribution in [1.82, 2.24) is 0 Å². The minimum absolute atomic E-state index is 0.0942. The van der Waals surface area contributed by atoms with E-state index in [1.165, 1.54) is 12.1 Å².